The lowest BCUT2D eigenvalue weighted by molar-refractivity contribution is 0.405. The van der Waals surface area contributed by atoms with Gasteiger partial charge in [-0.3, -0.25) is 0 Å². The van der Waals surface area contributed by atoms with Gasteiger partial charge < -0.3 is 4.90 Å². The Hall–Kier alpha value is -0.0400. The van der Waals surface area contributed by atoms with Crippen LogP contribution in [0.2, 0.25) is 0 Å². The molecule has 1 nitrogen and oxygen atoms in total. The van der Waals surface area contributed by atoms with Crippen LogP contribution in [0.4, 0.5) is 0 Å². The van der Waals surface area contributed by atoms with E-state index in [1.807, 2.05) is 0 Å². The van der Waals surface area contributed by atoms with Crippen molar-refractivity contribution in [1.29, 1.82) is 0 Å². The molecule has 0 aliphatic heterocycles. The molecule has 0 N–H and O–H groups in total. The van der Waals surface area contributed by atoms with Crippen LogP contribution in [-0.2, 0) is 0 Å². The number of rotatable bonds is 1. The second-order valence-corrected chi connectivity index (χ2v) is 2.67. The first-order valence-electron chi connectivity index (χ1n) is 3.33. The molecular formula is C7H14N. The van der Waals surface area contributed by atoms with Crippen LogP contribution in [-0.4, -0.2) is 19.0 Å². The molecule has 1 rings (SSSR count). The molecule has 1 saturated carbocycles. The zero-order chi connectivity index (χ0) is 5.98. The predicted molar refractivity (Wildman–Crippen MR) is 35.4 cm³/mol. The van der Waals surface area contributed by atoms with Crippen molar-refractivity contribution < 1.29 is 0 Å². The van der Waals surface area contributed by atoms with Gasteiger partial charge in [0.25, 0.3) is 0 Å². The molecular weight excluding hydrogens is 98.1 g/mol. The Labute approximate surface area is 51.7 Å². The summed E-state index contributed by atoms with van der Waals surface area (Å²) < 4.78 is 0. The number of hydrogen-bond donors (Lipinski definition) is 0. The summed E-state index contributed by atoms with van der Waals surface area (Å²) in [6, 6.07) is 1.63. The van der Waals surface area contributed by atoms with Gasteiger partial charge in [0.05, 0.1) is 0 Å². The number of hydrogen-bond acceptors (Lipinski definition) is 1. The highest BCUT2D eigenvalue weighted by Crippen LogP contribution is 2.27. The second kappa shape index (κ2) is 2.49. The average Bonchev–Trinajstić information content (AvgIpc) is 2.12. The minimum atomic E-state index is 1.34. The van der Waals surface area contributed by atoms with E-state index < -0.39 is 0 Å². The molecule has 0 saturated heterocycles. The molecule has 1 fully saturated rings. The van der Waals surface area contributed by atoms with E-state index in [-0.39, 0.29) is 0 Å². The minimum absolute atomic E-state index is 1.34. The lowest BCUT2D eigenvalue weighted by Crippen LogP contribution is -2.15. The SMILES string of the molecule is CN(C)[C]1CCCC1. The Morgan fingerprint density at radius 3 is 1.88 bits per heavy atom. The van der Waals surface area contributed by atoms with Crippen LogP contribution in [0, 0.1) is 6.04 Å². The maximum atomic E-state index is 2.26. The quantitative estimate of drug-likeness (QED) is 0.498. The van der Waals surface area contributed by atoms with Crippen molar-refractivity contribution in [1.82, 2.24) is 4.90 Å². The Balaban J connectivity index is 2.24. The van der Waals surface area contributed by atoms with Gasteiger partial charge in [-0.15, -0.1) is 0 Å². The number of nitrogens with zero attached hydrogens (tertiary/aromatic N) is 1. The standard InChI is InChI=1S/C7H14N/c1-8(2)7-5-3-4-6-7/h3-6H2,1-2H3. The van der Waals surface area contributed by atoms with Crippen LogP contribution >= 0.6 is 0 Å². The summed E-state index contributed by atoms with van der Waals surface area (Å²) in [5.74, 6) is 0. The van der Waals surface area contributed by atoms with E-state index in [2.05, 4.69) is 19.0 Å². The Kier molecular flexibility index (Phi) is 1.90. The highest BCUT2D eigenvalue weighted by atomic mass is 15.1. The summed E-state index contributed by atoms with van der Waals surface area (Å²) in [4.78, 5) is 2.26. The van der Waals surface area contributed by atoms with Gasteiger partial charge in [-0.2, -0.15) is 0 Å². The van der Waals surface area contributed by atoms with E-state index in [1.165, 1.54) is 25.7 Å². The first kappa shape index (κ1) is 6.09. The van der Waals surface area contributed by atoms with Crippen LogP contribution in [0.25, 0.3) is 0 Å². The van der Waals surface area contributed by atoms with Gasteiger partial charge in [0, 0.05) is 6.04 Å². The highest BCUT2D eigenvalue weighted by Gasteiger charge is 2.16. The topological polar surface area (TPSA) is 3.24 Å². The van der Waals surface area contributed by atoms with Gasteiger partial charge in [0.1, 0.15) is 0 Å². The fraction of sp³-hybridized carbons (Fsp3) is 0.857. The van der Waals surface area contributed by atoms with E-state index in [4.69, 9.17) is 0 Å². The molecule has 1 aliphatic carbocycles. The lowest BCUT2D eigenvalue weighted by atomic mass is 10.2. The molecule has 1 radical (unpaired) electrons. The van der Waals surface area contributed by atoms with Crippen LogP contribution in [0.5, 0.6) is 0 Å². The van der Waals surface area contributed by atoms with Gasteiger partial charge in [-0.05, 0) is 26.9 Å². The summed E-state index contributed by atoms with van der Waals surface area (Å²) in [6.45, 7) is 0. The normalized spacial score (nSPS) is 22.9. The third-order valence-electron chi connectivity index (χ3n) is 1.81. The van der Waals surface area contributed by atoms with Gasteiger partial charge in [-0.1, -0.05) is 12.8 Å². The Morgan fingerprint density at radius 2 is 1.62 bits per heavy atom. The first-order chi connectivity index (χ1) is 3.80. The van der Waals surface area contributed by atoms with E-state index in [0.29, 0.717) is 0 Å². The summed E-state index contributed by atoms with van der Waals surface area (Å²) in [5, 5.41) is 0. The predicted octanol–water partition coefficient (Wildman–Crippen LogP) is 1.65. The summed E-state index contributed by atoms with van der Waals surface area (Å²) in [7, 11) is 4.28. The van der Waals surface area contributed by atoms with Crippen LogP contribution in [0.15, 0.2) is 0 Å². The van der Waals surface area contributed by atoms with E-state index in [9.17, 15) is 0 Å². The largest absolute Gasteiger partial charge is 0.302 e. The van der Waals surface area contributed by atoms with Crippen LogP contribution in [0.1, 0.15) is 25.7 Å². The molecule has 0 aromatic heterocycles. The van der Waals surface area contributed by atoms with Crippen molar-refractivity contribution in [3.63, 3.8) is 0 Å². The van der Waals surface area contributed by atoms with Crippen LogP contribution < -0.4 is 0 Å². The molecule has 1 heteroatoms. The van der Waals surface area contributed by atoms with Crippen molar-refractivity contribution in [2.75, 3.05) is 14.1 Å². The smallest absolute Gasteiger partial charge is 0.0386 e. The van der Waals surface area contributed by atoms with E-state index in [0.717, 1.165) is 0 Å². The maximum Gasteiger partial charge on any atom is 0.0386 e. The molecule has 0 bridgehead atoms. The van der Waals surface area contributed by atoms with Crippen molar-refractivity contribution in [2.24, 2.45) is 0 Å². The van der Waals surface area contributed by atoms with Crippen LogP contribution in [0.3, 0.4) is 0 Å². The van der Waals surface area contributed by atoms with Gasteiger partial charge in [0.2, 0.25) is 0 Å². The van der Waals surface area contributed by atoms with Crippen molar-refractivity contribution in [3.8, 4) is 0 Å². The molecule has 47 valence electrons. The fourth-order valence-electron chi connectivity index (χ4n) is 1.23. The highest BCUT2D eigenvalue weighted by molar-refractivity contribution is 4.90. The van der Waals surface area contributed by atoms with Crippen molar-refractivity contribution in [3.05, 3.63) is 6.04 Å². The molecule has 0 aromatic carbocycles. The van der Waals surface area contributed by atoms with E-state index in [1.54, 1.807) is 6.04 Å². The maximum absolute atomic E-state index is 2.26. The zero-order valence-electron chi connectivity index (χ0n) is 5.78. The summed E-state index contributed by atoms with van der Waals surface area (Å²) in [5.41, 5.74) is 0. The summed E-state index contributed by atoms with van der Waals surface area (Å²) in [6.07, 6.45) is 5.50. The average molecular weight is 112 g/mol. The third-order valence-corrected chi connectivity index (χ3v) is 1.81. The molecule has 0 amide bonds. The lowest BCUT2D eigenvalue weighted by Gasteiger charge is -2.16. The molecule has 0 atom stereocenters. The molecule has 0 unspecified atom stereocenters. The molecule has 1 aliphatic rings. The Bertz CT molecular complexity index is 62.8. The fourth-order valence-corrected chi connectivity index (χ4v) is 1.23. The monoisotopic (exact) mass is 112 g/mol. The molecule has 0 aromatic rings. The Morgan fingerprint density at radius 1 is 1.12 bits per heavy atom. The second-order valence-electron chi connectivity index (χ2n) is 2.67. The zero-order valence-corrected chi connectivity index (χ0v) is 5.78. The molecule has 0 heterocycles. The summed E-state index contributed by atoms with van der Waals surface area (Å²) >= 11 is 0. The first-order valence-corrected chi connectivity index (χ1v) is 3.33. The third kappa shape index (κ3) is 1.22. The van der Waals surface area contributed by atoms with Crippen molar-refractivity contribution in [2.45, 2.75) is 25.7 Å². The van der Waals surface area contributed by atoms with Gasteiger partial charge >= 0.3 is 0 Å². The molecule has 0 spiro atoms. The van der Waals surface area contributed by atoms with Crippen molar-refractivity contribution >= 4 is 0 Å². The van der Waals surface area contributed by atoms with Gasteiger partial charge in [-0.25, -0.2) is 0 Å². The minimum Gasteiger partial charge on any atom is -0.302 e. The van der Waals surface area contributed by atoms with Gasteiger partial charge in [0.15, 0.2) is 0 Å². The van der Waals surface area contributed by atoms with E-state index >= 15 is 0 Å². The molecule has 8 heavy (non-hydrogen) atoms.